The van der Waals surface area contributed by atoms with Crippen molar-refractivity contribution in [3.63, 3.8) is 0 Å². The van der Waals surface area contributed by atoms with Crippen molar-refractivity contribution in [2.45, 2.75) is 12.8 Å². The van der Waals surface area contributed by atoms with Crippen LogP contribution in [0.25, 0.3) is 16.9 Å². The number of rotatable bonds is 5. The number of aromatic nitrogens is 2. The highest BCUT2D eigenvalue weighted by atomic mass is 79.9. The van der Waals surface area contributed by atoms with Gasteiger partial charge in [-0.05, 0) is 62.0 Å². The normalized spacial score (nSPS) is 10.9. The summed E-state index contributed by atoms with van der Waals surface area (Å²) in [6.07, 6.45) is 5.15. The number of carbonyl (C=O) groups is 1. The molecule has 4 rings (SSSR count). The van der Waals surface area contributed by atoms with E-state index in [-0.39, 0.29) is 5.91 Å². The van der Waals surface area contributed by atoms with Gasteiger partial charge < -0.3 is 9.72 Å². The molecule has 0 radical (unpaired) electrons. The Kier molecular flexibility index (Phi) is 5.59. The molecule has 0 spiro atoms. The van der Waals surface area contributed by atoms with Crippen molar-refractivity contribution in [3.05, 3.63) is 87.6 Å². The number of hydrogen-bond acceptors (Lipinski definition) is 2. The van der Waals surface area contributed by atoms with Crippen LogP contribution in [0.5, 0.6) is 0 Å². The average molecular weight is 499 g/mol. The maximum Gasteiger partial charge on any atom is 0.224 e. The number of nitrogens with zero attached hydrogens (tertiary/aromatic N) is 2. The summed E-state index contributed by atoms with van der Waals surface area (Å²) in [7, 11) is 0. The number of hydrogen-bond donors (Lipinski definition) is 1. The van der Waals surface area contributed by atoms with Crippen molar-refractivity contribution in [3.8, 4) is 11.3 Å². The topological polar surface area (TPSA) is 46.4 Å². The van der Waals surface area contributed by atoms with Gasteiger partial charge in [0.2, 0.25) is 5.91 Å². The maximum absolute atomic E-state index is 12.2. The predicted octanol–water partition coefficient (Wildman–Crippen LogP) is 6.10. The van der Waals surface area contributed by atoms with Crippen LogP contribution < -0.4 is 5.32 Å². The summed E-state index contributed by atoms with van der Waals surface area (Å²) in [5, 5.41) is 2.96. The highest BCUT2D eigenvalue weighted by Gasteiger charge is 2.09. The highest BCUT2D eigenvalue weighted by molar-refractivity contribution is 9.11. The van der Waals surface area contributed by atoms with E-state index in [0.717, 1.165) is 43.5 Å². The first-order valence-electron chi connectivity index (χ1n) is 8.86. The van der Waals surface area contributed by atoms with Gasteiger partial charge in [0.15, 0.2) is 5.65 Å². The molecule has 0 aliphatic carbocycles. The van der Waals surface area contributed by atoms with Crippen LogP contribution in [-0.4, -0.2) is 15.3 Å². The highest BCUT2D eigenvalue weighted by Crippen LogP contribution is 2.27. The fourth-order valence-electron chi connectivity index (χ4n) is 3.01. The lowest BCUT2D eigenvalue weighted by Gasteiger charge is -2.06. The summed E-state index contributed by atoms with van der Waals surface area (Å²) in [5.41, 5.74) is 4.68. The number of halogens is 2. The first-order chi connectivity index (χ1) is 13.6. The van der Waals surface area contributed by atoms with E-state index in [4.69, 9.17) is 0 Å². The largest absolute Gasteiger partial charge is 0.326 e. The van der Waals surface area contributed by atoms with E-state index < -0.39 is 0 Å². The van der Waals surface area contributed by atoms with Gasteiger partial charge in [-0.2, -0.15) is 0 Å². The summed E-state index contributed by atoms with van der Waals surface area (Å²) in [4.78, 5) is 16.9. The summed E-state index contributed by atoms with van der Waals surface area (Å²) < 4.78 is 3.88. The Balaban J connectivity index is 1.44. The molecule has 2 aromatic carbocycles. The lowest BCUT2D eigenvalue weighted by Crippen LogP contribution is -2.12. The molecular weight excluding hydrogens is 482 g/mol. The number of imidazole rings is 1. The lowest BCUT2D eigenvalue weighted by molar-refractivity contribution is -0.116. The van der Waals surface area contributed by atoms with E-state index in [1.807, 2.05) is 77.5 Å². The van der Waals surface area contributed by atoms with Crippen LogP contribution in [-0.2, 0) is 11.2 Å². The monoisotopic (exact) mass is 497 g/mol. The molecule has 2 aromatic heterocycles. The first kappa shape index (κ1) is 18.9. The minimum absolute atomic E-state index is 0.0121. The number of carbonyl (C=O) groups excluding carboxylic acids is 1. The van der Waals surface area contributed by atoms with Crippen LogP contribution in [0.15, 0.2) is 82.0 Å². The molecule has 6 heteroatoms. The Labute approximate surface area is 179 Å². The van der Waals surface area contributed by atoms with Crippen LogP contribution in [0, 0.1) is 0 Å². The molecule has 0 saturated heterocycles. The zero-order valence-electron chi connectivity index (χ0n) is 14.9. The molecule has 140 valence electrons. The molecule has 0 fully saturated rings. The van der Waals surface area contributed by atoms with Crippen molar-refractivity contribution >= 4 is 49.1 Å². The molecule has 28 heavy (non-hydrogen) atoms. The van der Waals surface area contributed by atoms with Crippen LogP contribution in [0.2, 0.25) is 0 Å². The van der Waals surface area contributed by atoms with Crippen LogP contribution in [0.4, 0.5) is 5.69 Å². The average Bonchev–Trinajstić information content (AvgIpc) is 3.12. The summed E-state index contributed by atoms with van der Waals surface area (Å²) in [5.74, 6) is 0.0121. The molecule has 2 heterocycles. The van der Waals surface area contributed by atoms with Gasteiger partial charge in [0.05, 0.1) is 10.2 Å². The number of anilines is 1. The Hall–Kier alpha value is -2.44. The predicted molar refractivity (Wildman–Crippen MR) is 119 cm³/mol. The van der Waals surface area contributed by atoms with Gasteiger partial charge in [0, 0.05) is 34.5 Å². The van der Waals surface area contributed by atoms with Crippen LogP contribution in [0.1, 0.15) is 12.0 Å². The van der Waals surface area contributed by atoms with Crippen molar-refractivity contribution in [1.29, 1.82) is 0 Å². The molecule has 0 atom stereocenters. The number of aryl methyl sites for hydroxylation is 1. The molecule has 0 saturated carbocycles. The second kappa shape index (κ2) is 8.29. The molecule has 1 amide bonds. The fraction of sp³-hybridized carbons (Fsp3) is 0.0909. The number of amides is 1. The molecule has 0 aliphatic rings. The molecular formula is C22H17Br2N3O. The number of fused-ring (bicyclic) bond motifs is 1. The van der Waals surface area contributed by atoms with Gasteiger partial charge in [-0.1, -0.05) is 42.5 Å². The van der Waals surface area contributed by atoms with E-state index in [0.29, 0.717) is 6.42 Å². The summed E-state index contributed by atoms with van der Waals surface area (Å²) in [6.45, 7) is 0. The van der Waals surface area contributed by atoms with E-state index in [1.165, 1.54) is 0 Å². The number of pyridine rings is 1. The SMILES string of the molecule is O=C(CCc1ccccc1)Nc1ccc(-c2cn3cc(Br)cc(Br)c3n2)cc1. The van der Waals surface area contributed by atoms with Gasteiger partial charge >= 0.3 is 0 Å². The Bertz CT molecular complexity index is 1120. The van der Waals surface area contributed by atoms with Crippen molar-refractivity contribution < 1.29 is 4.79 Å². The zero-order chi connectivity index (χ0) is 19.5. The standard InChI is InChI=1S/C22H17Br2N3O/c23-17-12-19(24)22-26-20(14-27(22)13-17)16-7-9-18(10-8-16)25-21(28)11-6-15-4-2-1-3-5-15/h1-5,7-10,12-14H,6,11H2,(H,25,28). The minimum Gasteiger partial charge on any atom is -0.326 e. The first-order valence-corrected chi connectivity index (χ1v) is 10.4. The van der Waals surface area contributed by atoms with E-state index in [1.54, 1.807) is 0 Å². The quantitative estimate of drug-likeness (QED) is 0.361. The van der Waals surface area contributed by atoms with Crippen molar-refractivity contribution in [1.82, 2.24) is 9.38 Å². The number of nitrogens with one attached hydrogen (secondary N) is 1. The second-order valence-electron chi connectivity index (χ2n) is 6.47. The smallest absolute Gasteiger partial charge is 0.224 e. The zero-order valence-corrected chi connectivity index (χ0v) is 18.1. The summed E-state index contributed by atoms with van der Waals surface area (Å²) >= 11 is 7.03. The van der Waals surface area contributed by atoms with Gasteiger partial charge in [0.1, 0.15) is 0 Å². The molecule has 0 unspecified atom stereocenters. The molecule has 4 nitrogen and oxygen atoms in total. The maximum atomic E-state index is 12.2. The molecule has 1 N–H and O–H groups in total. The minimum atomic E-state index is 0.0121. The lowest BCUT2D eigenvalue weighted by atomic mass is 10.1. The molecule has 0 aliphatic heterocycles. The van der Waals surface area contributed by atoms with E-state index in [2.05, 4.69) is 42.2 Å². The number of benzene rings is 2. The van der Waals surface area contributed by atoms with E-state index in [9.17, 15) is 4.79 Å². The second-order valence-corrected chi connectivity index (χ2v) is 8.24. The van der Waals surface area contributed by atoms with E-state index >= 15 is 0 Å². The Morgan fingerprint density at radius 2 is 1.75 bits per heavy atom. The Morgan fingerprint density at radius 1 is 1.00 bits per heavy atom. The van der Waals surface area contributed by atoms with Crippen LogP contribution in [0.3, 0.4) is 0 Å². The van der Waals surface area contributed by atoms with Crippen molar-refractivity contribution in [2.75, 3.05) is 5.32 Å². The third-order valence-electron chi connectivity index (χ3n) is 4.42. The third-order valence-corrected chi connectivity index (χ3v) is 5.44. The van der Waals surface area contributed by atoms with Gasteiger partial charge in [-0.3, -0.25) is 4.79 Å². The molecule has 4 aromatic rings. The third kappa shape index (κ3) is 4.34. The van der Waals surface area contributed by atoms with Crippen LogP contribution >= 0.6 is 31.9 Å². The van der Waals surface area contributed by atoms with Crippen molar-refractivity contribution in [2.24, 2.45) is 0 Å². The van der Waals surface area contributed by atoms with Gasteiger partial charge in [-0.15, -0.1) is 0 Å². The molecule has 0 bridgehead atoms. The van der Waals surface area contributed by atoms with Gasteiger partial charge in [0.25, 0.3) is 0 Å². The van der Waals surface area contributed by atoms with Gasteiger partial charge in [-0.25, -0.2) is 4.98 Å². The summed E-state index contributed by atoms with van der Waals surface area (Å²) in [6, 6.07) is 19.8. The fourth-order valence-corrected chi connectivity index (χ4v) is 4.31. The Morgan fingerprint density at radius 3 is 2.50 bits per heavy atom.